The fourth-order valence-electron chi connectivity index (χ4n) is 5.32. The van der Waals surface area contributed by atoms with E-state index in [0.29, 0.717) is 34.8 Å². The third-order valence-corrected chi connectivity index (χ3v) is 7.88. The second-order valence-corrected chi connectivity index (χ2v) is 11.9. The van der Waals surface area contributed by atoms with Crippen LogP contribution in [0.25, 0.3) is 11.1 Å². The molecule has 0 aliphatic carbocycles. The zero-order chi connectivity index (χ0) is 36.8. The third kappa shape index (κ3) is 9.57. The SMILES string of the molecule is COc1cc(CN(Cc2cc(C(F)(F)F)cc(C(F)(F)F)c2)c2ncc(OCCCC(=O)O)cn2)c(-c2cc(C(C)C)ccc2OC)cc1C. The van der Waals surface area contributed by atoms with Gasteiger partial charge in [0.15, 0.2) is 5.75 Å². The van der Waals surface area contributed by atoms with Crippen molar-refractivity contribution >= 4 is 11.9 Å². The smallest absolute Gasteiger partial charge is 0.416 e. The van der Waals surface area contributed by atoms with E-state index in [-0.39, 0.29) is 55.2 Å². The predicted octanol–water partition coefficient (Wildman–Crippen LogP) is 9.08. The molecule has 4 rings (SSSR count). The molecular formula is C36H37F6N3O5. The molecule has 14 heteroatoms. The fraction of sp³-hybridized carbons (Fsp3) is 0.361. The topological polar surface area (TPSA) is 94.0 Å². The Morgan fingerprint density at radius 3 is 2.00 bits per heavy atom. The van der Waals surface area contributed by atoms with Crippen LogP contribution < -0.4 is 19.1 Å². The molecule has 0 bridgehead atoms. The van der Waals surface area contributed by atoms with Gasteiger partial charge >= 0.3 is 18.3 Å². The average Bonchev–Trinajstić information content (AvgIpc) is 3.05. The van der Waals surface area contributed by atoms with E-state index in [1.807, 2.05) is 45.0 Å². The summed E-state index contributed by atoms with van der Waals surface area (Å²) in [6.45, 7) is 5.47. The molecule has 8 nitrogen and oxygen atoms in total. The monoisotopic (exact) mass is 705 g/mol. The van der Waals surface area contributed by atoms with Crippen LogP contribution in [0.4, 0.5) is 32.3 Å². The summed E-state index contributed by atoms with van der Waals surface area (Å²) in [5.41, 5.74) is 0.667. The van der Waals surface area contributed by atoms with Crippen molar-refractivity contribution in [3.8, 4) is 28.4 Å². The highest BCUT2D eigenvalue weighted by Gasteiger charge is 2.37. The Morgan fingerprint density at radius 2 is 1.46 bits per heavy atom. The molecule has 3 aromatic carbocycles. The van der Waals surface area contributed by atoms with E-state index in [2.05, 4.69) is 9.97 Å². The van der Waals surface area contributed by atoms with Gasteiger partial charge in [0, 0.05) is 25.1 Å². The highest BCUT2D eigenvalue weighted by atomic mass is 19.4. The number of carboxylic acids is 1. The first-order chi connectivity index (χ1) is 23.5. The Morgan fingerprint density at radius 1 is 0.840 bits per heavy atom. The van der Waals surface area contributed by atoms with Crippen LogP contribution in [0.15, 0.2) is 60.9 Å². The van der Waals surface area contributed by atoms with Gasteiger partial charge in [-0.15, -0.1) is 0 Å². The maximum atomic E-state index is 13.8. The molecule has 0 amide bonds. The number of aliphatic carboxylic acids is 1. The Labute approximate surface area is 285 Å². The first-order valence-electron chi connectivity index (χ1n) is 15.6. The predicted molar refractivity (Wildman–Crippen MR) is 175 cm³/mol. The first kappa shape index (κ1) is 37.8. The summed E-state index contributed by atoms with van der Waals surface area (Å²) in [7, 11) is 3.02. The molecule has 4 aromatic rings. The lowest BCUT2D eigenvalue weighted by molar-refractivity contribution is -0.143. The maximum absolute atomic E-state index is 13.8. The molecule has 0 radical (unpaired) electrons. The summed E-state index contributed by atoms with van der Waals surface area (Å²) in [5.74, 6) is 0.431. The number of halogens is 6. The number of hydrogen-bond acceptors (Lipinski definition) is 7. The molecule has 0 aliphatic rings. The molecule has 1 aromatic heterocycles. The lowest BCUT2D eigenvalue weighted by atomic mass is 9.92. The molecule has 0 spiro atoms. The lowest BCUT2D eigenvalue weighted by Crippen LogP contribution is -2.25. The third-order valence-electron chi connectivity index (χ3n) is 7.88. The van der Waals surface area contributed by atoms with Gasteiger partial charge in [0.05, 0.1) is 44.3 Å². The average molecular weight is 706 g/mol. The molecule has 0 fully saturated rings. The highest BCUT2D eigenvalue weighted by Crippen LogP contribution is 2.40. The van der Waals surface area contributed by atoms with Crippen LogP contribution in [0.3, 0.4) is 0 Å². The summed E-state index contributed by atoms with van der Waals surface area (Å²) >= 11 is 0. The Bertz CT molecular complexity index is 1760. The number of aromatic nitrogens is 2. The molecule has 1 heterocycles. The number of methoxy groups -OCH3 is 2. The van der Waals surface area contributed by atoms with E-state index in [0.717, 1.165) is 16.7 Å². The number of carboxylic acid groups (broad SMARTS) is 1. The Balaban J connectivity index is 1.85. The quantitative estimate of drug-likeness (QED) is 0.103. The van der Waals surface area contributed by atoms with E-state index in [9.17, 15) is 31.1 Å². The highest BCUT2D eigenvalue weighted by molar-refractivity contribution is 5.76. The molecule has 50 heavy (non-hydrogen) atoms. The summed E-state index contributed by atoms with van der Waals surface area (Å²) in [4.78, 5) is 20.9. The van der Waals surface area contributed by atoms with Crippen molar-refractivity contribution < 1.29 is 50.5 Å². The Kier molecular flexibility index (Phi) is 11.9. The van der Waals surface area contributed by atoms with Crippen molar-refractivity contribution in [2.24, 2.45) is 0 Å². The van der Waals surface area contributed by atoms with Gasteiger partial charge in [0.1, 0.15) is 11.5 Å². The van der Waals surface area contributed by atoms with Crippen LogP contribution in [0.2, 0.25) is 0 Å². The number of alkyl halides is 6. The van der Waals surface area contributed by atoms with Crippen LogP contribution >= 0.6 is 0 Å². The number of nitrogens with zero attached hydrogens (tertiary/aromatic N) is 3. The van der Waals surface area contributed by atoms with Crippen molar-refractivity contribution in [1.82, 2.24) is 9.97 Å². The minimum absolute atomic E-state index is 0.0118. The van der Waals surface area contributed by atoms with E-state index >= 15 is 0 Å². The van der Waals surface area contributed by atoms with Crippen LogP contribution in [0.1, 0.15) is 66.0 Å². The lowest BCUT2D eigenvalue weighted by Gasteiger charge is -2.26. The van der Waals surface area contributed by atoms with Crippen molar-refractivity contribution in [1.29, 1.82) is 0 Å². The first-order valence-corrected chi connectivity index (χ1v) is 15.6. The number of carbonyl (C=O) groups is 1. The van der Waals surface area contributed by atoms with Gasteiger partial charge in [0.25, 0.3) is 0 Å². The summed E-state index contributed by atoms with van der Waals surface area (Å²) < 4.78 is 99.6. The van der Waals surface area contributed by atoms with Gasteiger partial charge in [-0.1, -0.05) is 19.9 Å². The molecule has 0 atom stereocenters. The van der Waals surface area contributed by atoms with Gasteiger partial charge in [-0.05, 0) is 89.5 Å². The van der Waals surface area contributed by atoms with E-state index in [1.54, 1.807) is 6.07 Å². The van der Waals surface area contributed by atoms with E-state index in [4.69, 9.17) is 19.3 Å². The summed E-state index contributed by atoms with van der Waals surface area (Å²) in [6, 6.07) is 10.8. The van der Waals surface area contributed by atoms with E-state index in [1.165, 1.54) is 31.5 Å². The molecule has 1 N–H and O–H groups in total. The van der Waals surface area contributed by atoms with Crippen LogP contribution in [-0.2, 0) is 30.2 Å². The van der Waals surface area contributed by atoms with Gasteiger partial charge < -0.3 is 24.2 Å². The van der Waals surface area contributed by atoms with Gasteiger partial charge in [0.2, 0.25) is 5.95 Å². The van der Waals surface area contributed by atoms with Crippen molar-refractivity contribution in [2.45, 2.75) is 65.0 Å². The van der Waals surface area contributed by atoms with Crippen molar-refractivity contribution in [3.05, 3.63) is 94.3 Å². The molecule has 268 valence electrons. The van der Waals surface area contributed by atoms with Gasteiger partial charge in [-0.2, -0.15) is 26.3 Å². The fourth-order valence-corrected chi connectivity index (χ4v) is 5.32. The minimum Gasteiger partial charge on any atom is -0.496 e. The number of anilines is 1. The second kappa shape index (κ2) is 15.7. The molecular weight excluding hydrogens is 668 g/mol. The number of aryl methyl sites for hydroxylation is 1. The summed E-state index contributed by atoms with van der Waals surface area (Å²) in [5, 5.41) is 8.86. The Hall–Kier alpha value is -5.01. The van der Waals surface area contributed by atoms with Crippen molar-refractivity contribution in [3.63, 3.8) is 0 Å². The normalized spacial score (nSPS) is 11.8. The number of hydrogen-bond donors (Lipinski definition) is 1. The van der Waals surface area contributed by atoms with E-state index < -0.39 is 36.0 Å². The summed E-state index contributed by atoms with van der Waals surface area (Å²) in [6.07, 6.45) is -7.36. The van der Waals surface area contributed by atoms with Gasteiger partial charge in [-0.3, -0.25) is 4.79 Å². The largest absolute Gasteiger partial charge is 0.496 e. The number of rotatable bonds is 14. The van der Waals surface area contributed by atoms with Crippen molar-refractivity contribution in [2.75, 3.05) is 25.7 Å². The van der Waals surface area contributed by atoms with Crippen LogP contribution in [-0.4, -0.2) is 41.9 Å². The number of benzene rings is 3. The number of ether oxygens (including phenoxy) is 3. The standard InChI is InChI=1S/C36H37F6N3O5/c1-21(2)24-8-9-31(48-4)30(14-24)29-11-22(3)32(49-5)15-25(29)20-45(34-43-17-28(18-44-34)50-10-6-7-33(46)47)19-23-12-26(35(37,38)39)16-27(13-23)36(40,41)42/h8-9,11-18,21H,6-7,10,19-20H2,1-5H3,(H,46,47). The molecule has 0 unspecified atom stereocenters. The molecule has 0 aliphatic heterocycles. The zero-order valence-corrected chi connectivity index (χ0v) is 28.1. The molecule has 0 saturated carbocycles. The van der Waals surface area contributed by atoms with Crippen LogP contribution in [0.5, 0.6) is 17.2 Å². The maximum Gasteiger partial charge on any atom is 0.416 e. The second-order valence-electron chi connectivity index (χ2n) is 11.9. The van der Waals surface area contributed by atoms with Gasteiger partial charge in [-0.25, -0.2) is 9.97 Å². The zero-order valence-electron chi connectivity index (χ0n) is 28.1. The minimum atomic E-state index is -5.04. The van der Waals surface area contributed by atoms with Crippen LogP contribution in [0, 0.1) is 6.92 Å². The molecule has 0 saturated heterocycles.